The zero-order valence-corrected chi connectivity index (χ0v) is 15.9. The molecule has 4 rings (SSSR count). The summed E-state index contributed by atoms with van der Waals surface area (Å²) >= 11 is 0. The van der Waals surface area contributed by atoms with Crippen LogP contribution in [0.2, 0.25) is 0 Å². The van der Waals surface area contributed by atoms with Gasteiger partial charge in [-0.2, -0.15) is 0 Å². The molecule has 4 saturated heterocycles. The second-order valence-electron chi connectivity index (χ2n) is 6.66. The number of hydrogen-bond acceptors (Lipinski definition) is 2. The molecule has 0 aromatic carbocycles. The number of rotatable bonds is 0. The first-order valence-electron chi connectivity index (χ1n) is 10.4. The van der Waals surface area contributed by atoms with Crippen LogP contribution in [0.4, 0.5) is 0 Å². The Hall–Kier alpha value is -0.0800. The van der Waals surface area contributed by atoms with Crippen molar-refractivity contribution in [3.63, 3.8) is 0 Å². The van der Waals surface area contributed by atoms with Gasteiger partial charge in [-0.15, -0.1) is 0 Å². The SMILES string of the molecule is C1CC2CCCN2C1.C1CCN2CCCCC2C1.CC.CC. The zero-order valence-electron chi connectivity index (χ0n) is 15.9. The number of fused-ring (bicyclic) bond motifs is 2. The third-order valence-electron chi connectivity index (χ3n) is 5.46. The molecule has 0 unspecified atom stereocenters. The highest BCUT2D eigenvalue weighted by molar-refractivity contribution is 4.84. The molecule has 0 bridgehead atoms. The first kappa shape index (κ1) is 20.0. The lowest BCUT2D eigenvalue weighted by Crippen LogP contribution is -2.42. The van der Waals surface area contributed by atoms with Crippen molar-refractivity contribution in [3.8, 4) is 0 Å². The van der Waals surface area contributed by atoms with Gasteiger partial charge in [-0.05, 0) is 77.5 Å². The van der Waals surface area contributed by atoms with E-state index in [1.54, 1.807) is 0 Å². The molecule has 4 fully saturated rings. The molecule has 2 nitrogen and oxygen atoms in total. The molecule has 0 atom stereocenters. The van der Waals surface area contributed by atoms with E-state index >= 15 is 0 Å². The fourth-order valence-electron chi connectivity index (χ4n) is 4.42. The van der Waals surface area contributed by atoms with Crippen LogP contribution in [0.15, 0.2) is 0 Å². The van der Waals surface area contributed by atoms with Gasteiger partial charge in [-0.1, -0.05) is 40.5 Å². The molecule has 2 heteroatoms. The molecule has 4 aliphatic heterocycles. The Labute approximate surface area is 140 Å². The summed E-state index contributed by atoms with van der Waals surface area (Å²) in [5, 5.41) is 0. The van der Waals surface area contributed by atoms with Crippen LogP contribution < -0.4 is 0 Å². The quantitative estimate of drug-likeness (QED) is 0.597. The van der Waals surface area contributed by atoms with Crippen molar-refractivity contribution in [2.45, 2.75) is 104 Å². The molecule has 4 aliphatic rings. The van der Waals surface area contributed by atoms with Gasteiger partial charge >= 0.3 is 0 Å². The summed E-state index contributed by atoms with van der Waals surface area (Å²) in [6.07, 6.45) is 14.8. The summed E-state index contributed by atoms with van der Waals surface area (Å²) in [7, 11) is 0. The van der Waals surface area contributed by atoms with Crippen LogP contribution in [0.25, 0.3) is 0 Å². The van der Waals surface area contributed by atoms with E-state index in [1.165, 1.54) is 90.4 Å². The summed E-state index contributed by atoms with van der Waals surface area (Å²) in [6, 6.07) is 2.00. The molecular weight excluding hydrogens is 268 g/mol. The van der Waals surface area contributed by atoms with E-state index in [9.17, 15) is 0 Å². The standard InChI is InChI=1S/C9H17N.C7H13N.2C2H6/c1-3-7-10-8-4-2-6-9(10)5-1;1-3-7-4-2-6-8(7)5-1;2*1-2/h9H,1-8H2;7H,1-6H2;2*1-2H3. The number of nitrogens with zero attached hydrogens (tertiary/aromatic N) is 2. The fraction of sp³-hybridized carbons (Fsp3) is 1.00. The van der Waals surface area contributed by atoms with Crippen LogP contribution >= 0.6 is 0 Å². The predicted octanol–water partition coefficient (Wildman–Crippen LogP) is 5.32. The molecule has 0 radical (unpaired) electrons. The second kappa shape index (κ2) is 12.4. The summed E-state index contributed by atoms with van der Waals surface area (Å²) in [5.74, 6) is 0. The molecule has 4 heterocycles. The van der Waals surface area contributed by atoms with Crippen LogP contribution in [-0.2, 0) is 0 Å². The first-order valence-corrected chi connectivity index (χ1v) is 10.4. The predicted molar refractivity (Wildman–Crippen MR) is 99.6 cm³/mol. The van der Waals surface area contributed by atoms with Crippen molar-refractivity contribution >= 4 is 0 Å². The molecule has 0 aromatic rings. The minimum absolute atomic E-state index is 0.988. The molecule has 0 spiro atoms. The monoisotopic (exact) mass is 310 g/mol. The third-order valence-corrected chi connectivity index (χ3v) is 5.46. The Morgan fingerprint density at radius 1 is 0.455 bits per heavy atom. The van der Waals surface area contributed by atoms with Crippen molar-refractivity contribution in [3.05, 3.63) is 0 Å². The summed E-state index contributed by atoms with van der Waals surface area (Å²) in [5.41, 5.74) is 0. The summed E-state index contributed by atoms with van der Waals surface area (Å²) in [6.45, 7) is 13.6. The highest BCUT2D eigenvalue weighted by Gasteiger charge is 2.28. The summed E-state index contributed by atoms with van der Waals surface area (Å²) < 4.78 is 0. The largest absolute Gasteiger partial charge is 0.300 e. The molecule has 0 aliphatic carbocycles. The van der Waals surface area contributed by atoms with Gasteiger partial charge in [-0.3, -0.25) is 0 Å². The fourth-order valence-corrected chi connectivity index (χ4v) is 4.42. The lowest BCUT2D eigenvalue weighted by molar-refractivity contribution is 0.109. The maximum absolute atomic E-state index is 2.70. The van der Waals surface area contributed by atoms with Crippen molar-refractivity contribution in [2.75, 3.05) is 26.2 Å². The van der Waals surface area contributed by atoms with Gasteiger partial charge in [0.2, 0.25) is 0 Å². The smallest absolute Gasteiger partial charge is 0.00962 e. The van der Waals surface area contributed by atoms with E-state index in [0.29, 0.717) is 0 Å². The van der Waals surface area contributed by atoms with Gasteiger partial charge < -0.3 is 9.80 Å². The van der Waals surface area contributed by atoms with E-state index < -0.39 is 0 Å². The van der Waals surface area contributed by atoms with E-state index in [4.69, 9.17) is 0 Å². The molecule has 0 saturated carbocycles. The van der Waals surface area contributed by atoms with Gasteiger partial charge in [0, 0.05) is 12.1 Å². The number of hydrogen-bond donors (Lipinski definition) is 0. The van der Waals surface area contributed by atoms with Crippen LogP contribution in [0.3, 0.4) is 0 Å². The maximum Gasteiger partial charge on any atom is 0.00962 e. The Morgan fingerprint density at radius 3 is 1.14 bits per heavy atom. The molecule has 132 valence electrons. The first-order chi connectivity index (χ1) is 10.9. The van der Waals surface area contributed by atoms with E-state index in [0.717, 1.165) is 12.1 Å². The lowest BCUT2D eigenvalue weighted by Gasteiger charge is -2.39. The lowest BCUT2D eigenvalue weighted by atomic mass is 9.93. The van der Waals surface area contributed by atoms with Crippen LogP contribution in [0.5, 0.6) is 0 Å². The van der Waals surface area contributed by atoms with Crippen LogP contribution in [0, 0.1) is 0 Å². The number of piperidine rings is 2. The van der Waals surface area contributed by atoms with Crippen LogP contribution in [-0.4, -0.2) is 48.1 Å². The zero-order chi connectivity index (χ0) is 16.2. The molecule has 0 aromatic heterocycles. The molecule has 22 heavy (non-hydrogen) atoms. The molecule has 0 N–H and O–H groups in total. The van der Waals surface area contributed by atoms with Gasteiger partial charge in [0.1, 0.15) is 0 Å². The van der Waals surface area contributed by atoms with E-state index in [-0.39, 0.29) is 0 Å². The topological polar surface area (TPSA) is 6.48 Å². The average Bonchev–Trinajstić information content (AvgIpc) is 3.24. The third kappa shape index (κ3) is 6.20. The highest BCUT2D eigenvalue weighted by atomic mass is 15.2. The summed E-state index contributed by atoms with van der Waals surface area (Å²) in [4.78, 5) is 5.34. The van der Waals surface area contributed by atoms with Crippen molar-refractivity contribution in [1.82, 2.24) is 9.80 Å². The second-order valence-corrected chi connectivity index (χ2v) is 6.66. The Bertz CT molecular complexity index is 208. The Balaban J connectivity index is 0.000000183. The minimum Gasteiger partial charge on any atom is -0.300 e. The normalized spacial score (nSPS) is 25.6. The maximum atomic E-state index is 2.70. The van der Waals surface area contributed by atoms with Crippen molar-refractivity contribution in [2.24, 2.45) is 0 Å². The van der Waals surface area contributed by atoms with Gasteiger partial charge in [-0.25, -0.2) is 0 Å². The van der Waals surface area contributed by atoms with E-state index in [2.05, 4.69) is 9.80 Å². The van der Waals surface area contributed by atoms with Gasteiger partial charge in [0.25, 0.3) is 0 Å². The van der Waals surface area contributed by atoms with E-state index in [1.807, 2.05) is 27.7 Å². The van der Waals surface area contributed by atoms with Crippen molar-refractivity contribution < 1.29 is 0 Å². The van der Waals surface area contributed by atoms with Gasteiger partial charge in [0.15, 0.2) is 0 Å². The molecular formula is C20H42N2. The Kier molecular flexibility index (Phi) is 11.2. The van der Waals surface area contributed by atoms with Crippen LogP contribution in [0.1, 0.15) is 91.9 Å². The minimum atomic E-state index is 0.988. The highest BCUT2D eigenvalue weighted by Crippen LogP contribution is 2.27. The average molecular weight is 311 g/mol. The molecule has 0 amide bonds. The van der Waals surface area contributed by atoms with Crippen molar-refractivity contribution in [1.29, 1.82) is 0 Å². The van der Waals surface area contributed by atoms with Gasteiger partial charge in [0.05, 0.1) is 0 Å². The Morgan fingerprint density at radius 2 is 0.773 bits per heavy atom.